The summed E-state index contributed by atoms with van der Waals surface area (Å²) in [6, 6.07) is 3.82. The second-order valence-electron chi connectivity index (χ2n) is 2.28. The van der Waals surface area contributed by atoms with Crippen LogP contribution in [0, 0.1) is 11.2 Å². The highest BCUT2D eigenvalue weighted by Crippen LogP contribution is 2.36. The van der Waals surface area contributed by atoms with Crippen LogP contribution >= 0.6 is 60.4 Å². The van der Waals surface area contributed by atoms with E-state index in [0.717, 1.165) is 19.2 Å². The molecule has 1 rings (SSSR count). The van der Waals surface area contributed by atoms with Gasteiger partial charge in [-0.1, -0.05) is 34.5 Å². The van der Waals surface area contributed by atoms with Crippen LogP contribution in [-0.4, -0.2) is 6.61 Å². The van der Waals surface area contributed by atoms with Gasteiger partial charge in [0.25, 0.3) is 0 Å². The van der Waals surface area contributed by atoms with Crippen LogP contribution in [-0.2, 0) is 0 Å². The average molecular weight is 401 g/mol. The highest BCUT2D eigenvalue weighted by Gasteiger charge is 2.07. The second kappa shape index (κ2) is 6.06. The standard InChI is InChI=1S/C9H5Br3OS/c10-6-4-7(11)9(8(12)5-6)13-2-1-3-14/h4-5,14H,2H2. The number of ether oxygens (including phenoxy) is 1. The number of halogens is 3. The molecule has 0 bridgehead atoms. The van der Waals surface area contributed by atoms with Crippen molar-refractivity contribution in [3.63, 3.8) is 0 Å². The molecule has 1 aromatic rings. The Morgan fingerprint density at radius 1 is 1.21 bits per heavy atom. The van der Waals surface area contributed by atoms with Crippen molar-refractivity contribution in [2.75, 3.05) is 6.61 Å². The summed E-state index contributed by atoms with van der Waals surface area (Å²) in [6.45, 7) is 0.322. The molecule has 0 fully saturated rings. The van der Waals surface area contributed by atoms with Gasteiger partial charge in [0.05, 0.1) is 8.95 Å². The third-order valence-corrected chi connectivity index (χ3v) is 3.12. The fraction of sp³-hybridized carbons (Fsp3) is 0.111. The van der Waals surface area contributed by atoms with E-state index in [0.29, 0.717) is 6.61 Å². The van der Waals surface area contributed by atoms with Crippen LogP contribution in [0.2, 0.25) is 0 Å². The lowest BCUT2D eigenvalue weighted by Gasteiger charge is -2.07. The molecule has 5 heteroatoms. The predicted molar refractivity (Wildman–Crippen MR) is 71.8 cm³/mol. The van der Waals surface area contributed by atoms with E-state index in [1.165, 1.54) is 0 Å². The van der Waals surface area contributed by atoms with E-state index < -0.39 is 0 Å². The fourth-order valence-electron chi connectivity index (χ4n) is 0.807. The molecular formula is C9H5Br3OS. The number of benzene rings is 1. The van der Waals surface area contributed by atoms with Crippen LogP contribution in [0.3, 0.4) is 0 Å². The summed E-state index contributed by atoms with van der Waals surface area (Å²) < 4.78 is 8.15. The molecule has 0 aliphatic rings. The van der Waals surface area contributed by atoms with Gasteiger partial charge < -0.3 is 4.74 Å². The van der Waals surface area contributed by atoms with Crippen LogP contribution in [0.25, 0.3) is 0 Å². The van der Waals surface area contributed by atoms with Crippen LogP contribution in [0.4, 0.5) is 0 Å². The maximum absolute atomic E-state index is 5.43. The summed E-state index contributed by atoms with van der Waals surface area (Å²) in [6.07, 6.45) is 0. The molecule has 0 N–H and O–H groups in total. The monoisotopic (exact) mass is 398 g/mol. The van der Waals surface area contributed by atoms with E-state index in [1.54, 1.807) is 0 Å². The topological polar surface area (TPSA) is 9.23 Å². The van der Waals surface area contributed by atoms with Gasteiger partial charge in [0, 0.05) is 4.47 Å². The fourth-order valence-corrected chi connectivity index (χ4v) is 3.36. The minimum atomic E-state index is 0.322. The normalized spacial score (nSPS) is 9.14. The van der Waals surface area contributed by atoms with Gasteiger partial charge in [-0.05, 0) is 49.2 Å². The van der Waals surface area contributed by atoms with Crippen molar-refractivity contribution in [1.82, 2.24) is 0 Å². The zero-order chi connectivity index (χ0) is 10.6. The van der Waals surface area contributed by atoms with Gasteiger partial charge in [-0.3, -0.25) is 0 Å². The predicted octanol–water partition coefficient (Wildman–Crippen LogP) is 4.24. The third kappa shape index (κ3) is 3.50. The Balaban J connectivity index is 2.89. The number of hydrogen-bond acceptors (Lipinski definition) is 2. The zero-order valence-corrected chi connectivity index (χ0v) is 12.5. The molecule has 0 aromatic heterocycles. The molecule has 0 radical (unpaired) electrons. The summed E-state index contributed by atoms with van der Waals surface area (Å²) in [5, 5.41) is 2.47. The molecule has 0 aliphatic heterocycles. The van der Waals surface area contributed by atoms with E-state index in [4.69, 9.17) is 4.74 Å². The first kappa shape index (κ1) is 12.4. The van der Waals surface area contributed by atoms with Crippen molar-refractivity contribution in [2.45, 2.75) is 0 Å². The second-order valence-corrected chi connectivity index (χ2v) is 5.12. The van der Waals surface area contributed by atoms with E-state index in [2.05, 4.69) is 71.6 Å². The number of thiol groups is 1. The maximum Gasteiger partial charge on any atom is 0.150 e. The SMILES string of the molecule is SC#CCOc1c(Br)cc(Br)cc1Br. The molecule has 0 aliphatic carbocycles. The average Bonchev–Trinajstić information content (AvgIpc) is 2.09. The van der Waals surface area contributed by atoms with Gasteiger partial charge in [0.15, 0.2) is 0 Å². The van der Waals surface area contributed by atoms with Crippen LogP contribution in [0.15, 0.2) is 25.6 Å². The maximum atomic E-state index is 5.43. The molecule has 0 atom stereocenters. The third-order valence-electron chi connectivity index (χ3n) is 1.33. The Kier molecular flexibility index (Phi) is 5.39. The van der Waals surface area contributed by atoms with Crippen molar-refractivity contribution in [1.29, 1.82) is 0 Å². The molecule has 1 nitrogen and oxygen atoms in total. The lowest BCUT2D eigenvalue weighted by atomic mass is 10.3. The lowest BCUT2D eigenvalue weighted by molar-refractivity contribution is 0.365. The Morgan fingerprint density at radius 3 is 2.29 bits per heavy atom. The summed E-state index contributed by atoms with van der Waals surface area (Å²) in [7, 11) is 0. The minimum absolute atomic E-state index is 0.322. The van der Waals surface area contributed by atoms with E-state index >= 15 is 0 Å². The smallest absolute Gasteiger partial charge is 0.150 e. The van der Waals surface area contributed by atoms with Crippen LogP contribution < -0.4 is 4.74 Å². The van der Waals surface area contributed by atoms with Gasteiger partial charge in [0.1, 0.15) is 12.4 Å². The molecule has 0 unspecified atom stereocenters. The first-order valence-electron chi connectivity index (χ1n) is 3.54. The van der Waals surface area contributed by atoms with E-state index in [9.17, 15) is 0 Å². The minimum Gasteiger partial charge on any atom is -0.479 e. The van der Waals surface area contributed by atoms with Gasteiger partial charge >= 0.3 is 0 Å². The lowest BCUT2D eigenvalue weighted by Crippen LogP contribution is -1.95. The first-order chi connectivity index (χ1) is 6.65. The van der Waals surface area contributed by atoms with Crippen LogP contribution in [0.1, 0.15) is 0 Å². The quantitative estimate of drug-likeness (QED) is 0.577. The van der Waals surface area contributed by atoms with Gasteiger partial charge in [-0.2, -0.15) is 0 Å². The molecular weight excluding hydrogens is 396 g/mol. The van der Waals surface area contributed by atoms with Gasteiger partial charge in [-0.15, -0.1) is 0 Å². The molecule has 14 heavy (non-hydrogen) atoms. The van der Waals surface area contributed by atoms with Crippen molar-refractivity contribution in [3.05, 3.63) is 25.6 Å². The highest BCUT2D eigenvalue weighted by molar-refractivity contribution is 9.11. The number of rotatable bonds is 2. The zero-order valence-electron chi connectivity index (χ0n) is 6.85. The van der Waals surface area contributed by atoms with Crippen LogP contribution in [0.5, 0.6) is 5.75 Å². The molecule has 0 saturated carbocycles. The number of hydrogen-bond donors (Lipinski definition) is 1. The summed E-state index contributed by atoms with van der Waals surface area (Å²) in [5.41, 5.74) is 0. The molecule has 74 valence electrons. The molecule has 0 spiro atoms. The Labute approximate surface area is 113 Å². The van der Waals surface area contributed by atoms with Crippen molar-refractivity contribution in [3.8, 4) is 16.9 Å². The summed E-state index contributed by atoms with van der Waals surface area (Å²) in [4.78, 5) is 0. The first-order valence-corrected chi connectivity index (χ1v) is 6.37. The highest BCUT2D eigenvalue weighted by atomic mass is 79.9. The van der Waals surface area contributed by atoms with E-state index in [-0.39, 0.29) is 0 Å². The molecule has 1 aromatic carbocycles. The largest absolute Gasteiger partial charge is 0.479 e. The molecule has 0 saturated heterocycles. The van der Waals surface area contributed by atoms with Gasteiger partial charge in [0.2, 0.25) is 0 Å². The molecule has 0 amide bonds. The van der Waals surface area contributed by atoms with Crippen molar-refractivity contribution < 1.29 is 4.74 Å². The summed E-state index contributed by atoms with van der Waals surface area (Å²) >= 11 is 13.9. The van der Waals surface area contributed by atoms with E-state index in [1.807, 2.05) is 12.1 Å². The Hall–Kier alpha value is 0.370. The molecule has 0 heterocycles. The van der Waals surface area contributed by atoms with Crippen molar-refractivity contribution >= 4 is 60.4 Å². The Bertz CT molecular complexity index is 372. The van der Waals surface area contributed by atoms with Gasteiger partial charge in [-0.25, -0.2) is 0 Å². The summed E-state index contributed by atoms with van der Waals surface area (Å²) in [5.74, 6) is 3.44. The Morgan fingerprint density at radius 2 is 1.79 bits per heavy atom. The van der Waals surface area contributed by atoms with Crippen molar-refractivity contribution in [2.24, 2.45) is 0 Å².